The van der Waals surface area contributed by atoms with Crippen LogP contribution in [0.2, 0.25) is 0 Å². The van der Waals surface area contributed by atoms with Crippen molar-refractivity contribution in [1.29, 1.82) is 0 Å². The van der Waals surface area contributed by atoms with Crippen LogP contribution in [0.5, 0.6) is 0 Å². The van der Waals surface area contributed by atoms with Crippen LogP contribution in [-0.2, 0) is 4.74 Å². The Morgan fingerprint density at radius 2 is 1.93 bits per heavy atom. The van der Waals surface area contributed by atoms with E-state index < -0.39 is 0 Å². The van der Waals surface area contributed by atoms with Crippen LogP contribution < -0.4 is 5.32 Å². The maximum atomic E-state index is 5.96. The minimum Gasteiger partial charge on any atom is -0.378 e. The fourth-order valence-electron chi connectivity index (χ4n) is 2.35. The van der Waals surface area contributed by atoms with Crippen molar-refractivity contribution in [1.82, 2.24) is 5.32 Å². The van der Waals surface area contributed by atoms with Gasteiger partial charge < -0.3 is 10.1 Å². The number of ether oxygens (including phenoxy) is 1. The summed E-state index contributed by atoms with van der Waals surface area (Å²) in [7, 11) is 2.01. The predicted octanol–water partition coefficient (Wildman–Crippen LogP) is 2.97. The van der Waals surface area contributed by atoms with E-state index in [0.717, 1.165) is 19.1 Å². The van der Waals surface area contributed by atoms with Crippen LogP contribution in [0.1, 0.15) is 51.9 Å². The summed E-state index contributed by atoms with van der Waals surface area (Å²) in [5.74, 6) is 0.788. The third kappa shape index (κ3) is 5.53. The Balaban J connectivity index is 1.94. The lowest BCUT2D eigenvalue weighted by molar-refractivity contribution is -0.00651. The standard InChI is InChI=1S/C13H27NO/c1-12-8-4-5-9-13(12)15-11-7-3-6-10-14-2/h12-14H,3-11H2,1-2H3. The average Bonchev–Trinajstić information content (AvgIpc) is 2.25. The van der Waals surface area contributed by atoms with Gasteiger partial charge in [0.25, 0.3) is 0 Å². The van der Waals surface area contributed by atoms with Crippen molar-refractivity contribution in [2.45, 2.75) is 58.0 Å². The van der Waals surface area contributed by atoms with Gasteiger partial charge in [0.05, 0.1) is 6.10 Å². The van der Waals surface area contributed by atoms with Gasteiger partial charge >= 0.3 is 0 Å². The molecular formula is C13H27NO. The van der Waals surface area contributed by atoms with Gasteiger partial charge in [-0.1, -0.05) is 19.8 Å². The van der Waals surface area contributed by atoms with E-state index in [1.165, 1.54) is 44.9 Å². The molecule has 0 aromatic heterocycles. The molecule has 0 aromatic carbocycles. The first-order valence-corrected chi connectivity index (χ1v) is 6.61. The van der Waals surface area contributed by atoms with E-state index in [1.807, 2.05) is 7.05 Å². The molecule has 2 nitrogen and oxygen atoms in total. The third-order valence-electron chi connectivity index (χ3n) is 3.44. The minimum atomic E-state index is 0.558. The molecule has 1 saturated carbocycles. The molecule has 0 aromatic rings. The van der Waals surface area contributed by atoms with Crippen molar-refractivity contribution >= 4 is 0 Å². The summed E-state index contributed by atoms with van der Waals surface area (Å²) in [6.07, 6.45) is 9.79. The molecule has 0 aliphatic heterocycles. The second kappa shape index (κ2) is 8.12. The first-order valence-electron chi connectivity index (χ1n) is 6.61. The van der Waals surface area contributed by atoms with Gasteiger partial charge in [0, 0.05) is 6.61 Å². The fourth-order valence-corrected chi connectivity index (χ4v) is 2.35. The summed E-state index contributed by atoms with van der Waals surface area (Å²) in [6.45, 7) is 4.45. The molecule has 1 aliphatic rings. The van der Waals surface area contributed by atoms with Gasteiger partial charge in [-0.15, -0.1) is 0 Å². The molecule has 0 heterocycles. The van der Waals surface area contributed by atoms with E-state index in [2.05, 4.69) is 12.2 Å². The largest absolute Gasteiger partial charge is 0.378 e. The van der Waals surface area contributed by atoms with Gasteiger partial charge in [-0.25, -0.2) is 0 Å². The smallest absolute Gasteiger partial charge is 0.0600 e. The number of hydrogen-bond acceptors (Lipinski definition) is 2. The van der Waals surface area contributed by atoms with E-state index in [9.17, 15) is 0 Å². The molecule has 1 rings (SSSR count). The van der Waals surface area contributed by atoms with Crippen LogP contribution >= 0.6 is 0 Å². The van der Waals surface area contributed by atoms with Gasteiger partial charge in [0.1, 0.15) is 0 Å². The predicted molar refractivity (Wildman–Crippen MR) is 65.1 cm³/mol. The quantitative estimate of drug-likeness (QED) is 0.656. The van der Waals surface area contributed by atoms with E-state index in [-0.39, 0.29) is 0 Å². The maximum Gasteiger partial charge on any atom is 0.0600 e. The molecule has 0 spiro atoms. The van der Waals surface area contributed by atoms with Crippen LogP contribution in [0.3, 0.4) is 0 Å². The summed E-state index contributed by atoms with van der Waals surface area (Å²) in [4.78, 5) is 0. The van der Waals surface area contributed by atoms with Crippen molar-refractivity contribution in [3.05, 3.63) is 0 Å². The monoisotopic (exact) mass is 213 g/mol. The second-order valence-corrected chi connectivity index (χ2v) is 4.84. The summed E-state index contributed by atoms with van der Waals surface area (Å²) in [5.41, 5.74) is 0. The van der Waals surface area contributed by atoms with Gasteiger partial charge in [-0.05, 0) is 51.6 Å². The van der Waals surface area contributed by atoms with Gasteiger partial charge in [0.15, 0.2) is 0 Å². The summed E-state index contributed by atoms with van der Waals surface area (Å²) in [5, 5.41) is 3.17. The zero-order valence-electron chi connectivity index (χ0n) is 10.4. The lowest BCUT2D eigenvalue weighted by Crippen LogP contribution is -2.25. The van der Waals surface area contributed by atoms with E-state index >= 15 is 0 Å². The molecule has 1 N–H and O–H groups in total. The Labute approximate surface area is 94.8 Å². The Bertz CT molecular complexity index is 149. The van der Waals surface area contributed by atoms with Gasteiger partial charge in [0.2, 0.25) is 0 Å². The molecule has 0 amide bonds. The number of rotatable bonds is 7. The van der Waals surface area contributed by atoms with E-state index in [1.54, 1.807) is 0 Å². The van der Waals surface area contributed by atoms with Gasteiger partial charge in [-0.2, -0.15) is 0 Å². The first kappa shape index (κ1) is 13.0. The normalized spacial score (nSPS) is 26.8. The van der Waals surface area contributed by atoms with Crippen LogP contribution in [-0.4, -0.2) is 26.3 Å². The number of nitrogens with one attached hydrogen (secondary N) is 1. The lowest BCUT2D eigenvalue weighted by atomic mass is 9.88. The summed E-state index contributed by atoms with van der Waals surface area (Å²) >= 11 is 0. The zero-order valence-corrected chi connectivity index (χ0v) is 10.4. The summed E-state index contributed by atoms with van der Waals surface area (Å²) < 4.78 is 5.96. The maximum absolute atomic E-state index is 5.96. The van der Waals surface area contributed by atoms with Crippen LogP contribution in [0.4, 0.5) is 0 Å². The molecule has 1 aliphatic carbocycles. The highest BCUT2D eigenvalue weighted by atomic mass is 16.5. The molecule has 90 valence electrons. The Morgan fingerprint density at radius 1 is 1.13 bits per heavy atom. The van der Waals surface area contributed by atoms with Crippen molar-refractivity contribution in [3.8, 4) is 0 Å². The van der Waals surface area contributed by atoms with Crippen LogP contribution in [0, 0.1) is 5.92 Å². The first-order chi connectivity index (χ1) is 7.34. The zero-order chi connectivity index (χ0) is 10.9. The highest BCUT2D eigenvalue weighted by Gasteiger charge is 2.21. The van der Waals surface area contributed by atoms with Crippen molar-refractivity contribution in [2.75, 3.05) is 20.2 Å². The SMILES string of the molecule is CNCCCCCOC1CCCCC1C. The van der Waals surface area contributed by atoms with E-state index in [0.29, 0.717) is 6.10 Å². The molecule has 0 radical (unpaired) electrons. The average molecular weight is 213 g/mol. The molecular weight excluding hydrogens is 186 g/mol. The van der Waals surface area contributed by atoms with Gasteiger partial charge in [-0.3, -0.25) is 0 Å². The minimum absolute atomic E-state index is 0.558. The molecule has 1 fully saturated rings. The number of unbranched alkanes of at least 4 members (excludes halogenated alkanes) is 2. The third-order valence-corrected chi connectivity index (χ3v) is 3.44. The van der Waals surface area contributed by atoms with Crippen molar-refractivity contribution in [3.63, 3.8) is 0 Å². The highest BCUT2D eigenvalue weighted by Crippen LogP contribution is 2.26. The Morgan fingerprint density at radius 3 is 2.67 bits per heavy atom. The molecule has 15 heavy (non-hydrogen) atoms. The molecule has 2 unspecified atom stereocenters. The Hall–Kier alpha value is -0.0800. The lowest BCUT2D eigenvalue weighted by Gasteiger charge is -2.28. The molecule has 0 saturated heterocycles. The van der Waals surface area contributed by atoms with Crippen molar-refractivity contribution < 1.29 is 4.74 Å². The highest BCUT2D eigenvalue weighted by molar-refractivity contribution is 4.72. The summed E-state index contributed by atoms with van der Waals surface area (Å²) in [6, 6.07) is 0. The molecule has 0 bridgehead atoms. The van der Waals surface area contributed by atoms with Crippen molar-refractivity contribution in [2.24, 2.45) is 5.92 Å². The molecule has 2 atom stereocenters. The fraction of sp³-hybridized carbons (Fsp3) is 1.00. The second-order valence-electron chi connectivity index (χ2n) is 4.84. The van der Waals surface area contributed by atoms with Crippen LogP contribution in [0.15, 0.2) is 0 Å². The van der Waals surface area contributed by atoms with Crippen LogP contribution in [0.25, 0.3) is 0 Å². The Kier molecular flexibility index (Phi) is 7.03. The topological polar surface area (TPSA) is 21.3 Å². The number of hydrogen-bond donors (Lipinski definition) is 1. The van der Waals surface area contributed by atoms with E-state index in [4.69, 9.17) is 4.74 Å². The molecule has 2 heteroatoms.